The van der Waals surface area contributed by atoms with E-state index in [1.165, 1.54) is 34.1 Å². The summed E-state index contributed by atoms with van der Waals surface area (Å²) in [5.41, 5.74) is 6.19. The number of carbonyl (C=O) groups excluding carboxylic acids is 2. The molecule has 1 aliphatic rings. The molecular weight excluding hydrogens is 428 g/mol. The fourth-order valence-electron chi connectivity index (χ4n) is 3.50. The molecule has 0 unspecified atom stereocenters. The standard InChI is InChI=1S/C23H30N4O4S/c1-2-3-9-22(28)24-25-23(29)20-10-12-21(13-11-20)32(30,31)27-16-14-26(15-17-27)18-19-7-5-4-6-8-19/h4-8,10-13H,2-3,9,14-18H2,1H3,(H,24,28)(H,25,29). The first-order valence-electron chi connectivity index (χ1n) is 10.9. The lowest BCUT2D eigenvalue weighted by molar-refractivity contribution is -0.121. The SMILES string of the molecule is CCCCC(=O)NNC(=O)c1ccc(S(=O)(=O)N2CCN(Cc3ccccc3)CC2)cc1. The smallest absolute Gasteiger partial charge is 0.269 e. The number of nitrogens with one attached hydrogen (secondary N) is 2. The largest absolute Gasteiger partial charge is 0.296 e. The summed E-state index contributed by atoms with van der Waals surface area (Å²) >= 11 is 0. The molecule has 2 aromatic rings. The predicted octanol–water partition coefficient (Wildman–Crippen LogP) is 2.14. The highest BCUT2D eigenvalue weighted by molar-refractivity contribution is 7.89. The third kappa shape index (κ3) is 6.38. The van der Waals surface area contributed by atoms with Crippen LogP contribution in [-0.4, -0.2) is 55.6 Å². The predicted molar refractivity (Wildman–Crippen MR) is 122 cm³/mol. The van der Waals surface area contributed by atoms with Gasteiger partial charge in [-0.3, -0.25) is 25.3 Å². The van der Waals surface area contributed by atoms with Crippen LogP contribution in [0, 0.1) is 0 Å². The van der Waals surface area contributed by atoms with Crippen LogP contribution in [0.5, 0.6) is 0 Å². The molecular formula is C23H30N4O4S. The number of nitrogens with zero attached hydrogens (tertiary/aromatic N) is 2. The van der Waals surface area contributed by atoms with Crippen molar-refractivity contribution in [2.75, 3.05) is 26.2 Å². The molecule has 0 spiro atoms. The van der Waals surface area contributed by atoms with Crippen molar-refractivity contribution in [1.82, 2.24) is 20.1 Å². The Morgan fingerprint density at radius 1 is 0.906 bits per heavy atom. The Labute approximate surface area is 189 Å². The van der Waals surface area contributed by atoms with Crippen LogP contribution < -0.4 is 10.9 Å². The van der Waals surface area contributed by atoms with Crippen LogP contribution in [0.2, 0.25) is 0 Å². The van der Waals surface area contributed by atoms with Gasteiger partial charge in [0.25, 0.3) is 5.91 Å². The maximum Gasteiger partial charge on any atom is 0.269 e. The van der Waals surface area contributed by atoms with Gasteiger partial charge in [-0.25, -0.2) is 8.42 Å². The molecule has 1 heterocycles. The van der Waals surface area contributed by atoms with E-state index in [1.54, 1.807) is 0 Å². The quantitative estimate of drug-likeness (QED) is 0.591. The van der Waals surface area contributed by atoms with Gasteiger partial charge in [0.15, 0.2) is 0 Å². The highest BCUT2D eigenvalue weighted by Gasteiger charge is 2.28. The monoisotopic (exact) mass is 458 g/mol. The van der Waals surface area contributed by atoms with E-state index in [4.69, 9.17) is 0 Å². The molecule has 8 nitrogen and oxygen atoms in total. The first kappa shape index (κ1) is 23.9. The van der Waals surface area contributed by atoms with Crippen molar-refractivity contribution in [3.8, 4) is 0 Å². The van der Waals surface area contributed by atoms with E-state index in [0.29, 0.717) is 32.6 Å². The number of hydrazine groups is 1. The lowest BCUT2D eigenvalue weighted by Gasteiger charge is -2.34. The summed E-state index contributed by atoms with van der Waals surface area (Å²) in [4.78, 5) is 26.2. The highest BCUT2D eigenvalue weighted by Crippen LogP contribution is 2.19. The zero-order chi connectivity index (χ0) is 23.0. The van der Waals surface area contributed by atoms with Gasteiger partial charge < -0.3 is 0 Å². The van der Waals surface area contributed by atoms with Crippen molar-refractivity contribution in [3.63, 3.8) is 0 Å². The van der Waals surface area contributed by atoms with Gasteiger partial charge in [-0.2, -0.15) is 4.31 Å². The number of amides is 2. The van der Waals surface area contributed by atoms with Crippen LogP contribution in [0.15, 0.2) is 59.5 Å². The Morgan fingerprint density at radius 3 is 2.19 bits per heavy atom. The molecule has 0 radical (unpaired) electrons. The molecule has 3 rings (SSSR count). The van der Waals surface area contributed by atoms with Gasteiger partial charge in [-0.15, -0.1) is 0 Å². The Hall–Kier alpha value is -2.75. The molecule has 0 aromatic heterocycles. The van der Waals surface area contributed by atoms with Crippen LogP contribution in [0.25, 0.3) is 0 Å². The third-order valence-corrected chi connectivity index (χ3v) is 7.32. The number of hydrogen-bond acceptors (Lipinski definition) is 5. The first-order chi connectivity index (χ1) is 15.4. The zero-order valence-electron chi connectivity index (χ0n) is 18.3. The molecule has 172 valence electrons. The van der Waals surface area contributed by atoms with Gasteiger partial charge >= 0.3 is 0 Å². The van der Waals surface area contributed by atoms with E-state index in [1.807, 2.05) is 25.1 Å². The fraction of sp³-hybridized carbons (Fsp3) is 0.391. The van der Waals surface area contributed by atoms with E-state index in [-0.39, 0.29) is 16.4 Å². The molecule has 1 fully saturated rings. The van der Waals surface area contributed by atoms with Gasteiger partial charge in [0.1, 0.15) is 0 Å². The van der Waals surface area contributed by atoms with Crippen molar-refractivity contribution in [1.29, 1.82) is 0 Å². The average molecular weight is 459 g/mol. The van der Waals surface area contributed by atoms with Crippen molar-refractivity contribution >= 4 is 21.8 Å². The Morgan fingerprint density at radius 2 is 1.56 bits per heavy atom. The molecule has 0 saturated carbocycles. The fourth-order valence-corrected chi connectivity index (χ4v) is 4.92. The van der Waals surface area contributed by atoms with Gasteiger partial charge in [-0.1, -0.05) is 43.7 Å². The summed E-state index contributed by atoms with van der Waals surface area (Å²) in [6, 6.07) is 15.9. The molecule has 2 amide bonds. The topological polar surface area (TPSA) is 98.8 Å². The molecule has 0 aliphatic carbocycles. The van der Waals surface area contributed by atoms with E-state index < -0.39 is 15.9 Å². The Balaban J connectivity index is 1.53. The van der Waals surface area contributed by atoms with Gasteiger partial charge in [-0.05, 0) is 36.2 Å². The second-order valence-electron chi connectivity index (χ2n) is 7.80. The van der Waals surface area contributed by atoms with Crippen molar-refractivity contribution < 1.29 is 18.0 Å². The van der Waals surface area contributed by atoms with Crippen molar-refractivity contribution in [2.24, 2.45) is 0 Å². The van der Waals surface area contributed by atoms with Crippen molar-refractivity contribution in [3.05, 3.63) is 65.7 Å². The minimum absolute atomic E-state index is 0.151. The second kappa shape index (κ2) is 11.2. The molecule has 1 saturated heterocycles. The zero-order valence-corrected chi connectivity index (χ0v) is 19.1. The van der Waals surface area contributed by atoms with Crippen LogP contribution in [0.1, 0.15) is 42.1 Å². The molecule has 1 aliphatic heterocycles. The number of sulfonamides is 1. The van der Waals surface area contributed by atoms with E-state index in [0.717, 1.165) is 19.4 Å². The maximum absolute atomic E-state index is 13.0. The van der Waals surface area contributed by atoms with Gasteiger partial charge in [0.2, 0.25) is 15.9 Å². The number of unbranched alkanes of at least 4 members (excludes halogenated alkanes) is 1. The molecule has 0 bridgehead atoms. The summed E-state index contributed by atoms with van der Waals surface area (Å²) in [5, 5.41) is 0. The molecule has 2 N–H and O–H groups in total. The minimum atomic E-state index is -3.63. The van der Waals surface area contributed by atoms with E-state index in [9.17, 15) is 18.0 Å². The maximum atomic E-state index is 13.0. The van der Waals surface area contributed by atoms with Crippen LogP contribution in [0.4, 0.5) is 0 Å². The second-order valence-corrected chi connectivity index (χ2v) is 9.73. The summed E-state index contributed by atoms with van der Waals surface area (Å²) in [6.45, 7) is 4.93. The van der Waals surface area contributed by atoms with Crippen LogP contribution in [-0.2, 0) is 21.4 Å². The summed E-state index contributed by atoms with van der Waals surface area (Å²) < 4.78 is 27.5. The number of rotatable bonds is 8. The Kier molecular flexibility index (Phi) is 8.38. The lowest BCUT2D eigenvalue weighted by Crippen LogP contribution is -2.48. The summed E-state index contributed by atoms with van der Waals surface area (Å²) in [5.74, 6) is -0.751. The highest BCUT2D eigenvalue weighted by atomic mass is 32.2. The number of piperazine rings is 1. The molecule has 32 heavy (non-hydrogen) atoms. The first-order valence-corrected chi connectivity index (χ1v) is 12.3. The van der Waals surface area contributed by atoms with Crippen LogP contribution in [0.3, 0.4) is 0 Å². The molecule has 2 aromatic carbocycles. The summed E-state index contributed by atoms with van der Waals surface area (Å²) in [7, 11) is -3.63. The Bertz CT molecular complexity index is 1000. The average Bonchev–Trinajstić information content (AvgIpc) is 2.82. The number of benzene rings is 2. The third-order valence-electron chi connectivity index (χ3n) is 5.41. The lowest BCUT2D eigenvalue weighted by atomic mass is 10.2. The normalized spacial score (nSPS) is 15.3. The van der Waals surface area contributed by atoms with Gasteiger partial charge in [0, 0.05) is 44.7 Å². The molecule has 9 heteroatoms. The van der Waals surface area contributed by atoms with Gasteiger partial charge in [0.05, 0.1) is 4.90 Å². The van der Waals surface area contributed by atoms with Crippen molar-refractivity contribution in [2.45, 2.75) is 37.6 Å². The molecule has 0 atom stereocenters. The minimum Gasteiger partial charge on any atom is -0.296 e. The van der Waals surface area contributed by atoms with E-state index >= 15 is 0 Å². The number of hydrogen-bond donors (Lipinski definition) is 2. The van der Waals surface area contributed by atoms with E-state index in [2.05, 4.69) is 27.9 Å². The number of carbonyl (C=O) groups is 2. The summed E-state index contributed by atoms with van der Waals surface area (Å²) in [6.07, 6.45) is 1.97. The van der Waals surface area contributed by atoms with Crippen LogP contribution >= 0.6 is 0 Å².